The zero-order chi connectivity index (χ0) is 23.1. The smallest absolute Gasteiger partial charge is 0.264 e. The number of aryl methyl sites for hydroxylation is 1. The zero-order valence-corrected chi connectivity index (χ0v) is 18.6. The molecular formula is C22H23N3O6S. The fourth-order valence-electron chi connectivity index (χ4n) is 2.83. The Hall–Kier alpha value is -3.79. The maximum absolute atomic E-state index is 13.5. The van der Waals surface area contributed by atoms with E-state index in [1.165, 1.54) is 44.9 Å². The minimum absolute atomic E-state index is 0.0276. The molecule has 9 nitrogen and oxygen atoms in total. The fraction of sp³-hybridized carbons (Fsp3) is 0.182. The van der Waals surface area contributed by atoms with Gasteiger partial charge in [0, 0.05) is 6.07 Å². The standard InChI is InChI=1S/C22H23N3O6S/c1-16-6-9-19(10-7-16)32(27,28)25(20-13-17(29-2)8-11-21(20)30-3)15-22(26)24-23-14-18-5-4-12-31-18/h4-14H,15H2,1-3H3,(H,24,26)/b23-14-. The predicted molar refractivity (Wildman–Crippen MR) is 120 cm³/mol. The van der Waals surface area contributed by atoms with Gasteiger partial charge in [0.25, 0.3) is 15.9 Å². The normalized spacial score (nSPS) is 11.3. The maximum atomic E-state index is 13.5. The van der Waals surface area contributed by atoms with Crippen molar-refractivity contribution in [3.05, 3.63) is 72.2 Å². The number of rotatable bonds is 9. The number of nitrogens with one attached hydrogen (secondary N) is 1. The first-order chi connectivity index (χ1) is 15.3. The van der Waals surface area contributed by atoms with E-state index in [9.17, 15) is 13.2 Å². The second-order valence-electron chi connectivity index (χ2n) is 6.67. The Kier molecular flexibility index (Phi) is 7.16. The van der Waals surface area contributed by atoms with E-state index in [4.69, 9.17) is 13.9 Å². The van der Waals surface area contributed by atoms with E-state index in [1.807, 2.05) is 6.92 Å². The van der Waals surface area contributed by atoms with E-state index in [2.05, 4.69) is 10.5 Å². The van der Waals surface area contributed by atoms with Crippen LogP contribution in [0.2, 0.25) is 0 Å². The summed E-state index contributed by atoms with van der Waals surface area (Å²) in [5.74, 6) is 0.437. The molecule has 0 radical (unpaired) electrons. The molecule has 0 aliphatic heterocycles. The quantitative estimate of drug-likeness (QED) is 0.391. The van der Waals surface area contributed by atoms with Crippen LogP contribution in [0.3, 0.4) is 0 Å². The average Bonchev–Trinajstić information content (AvgIpc) is 3.30. The molecule has 2 aromatic carbocycles. The summed E-state index contributed by atoms with van der Waals surface area (Å²) in [6.45, 7) is 1.30. The van der Waals surface area contributed by atoms with Gasteiger partial charge in [-0.3, -0.25) is 9.10 Å². The van der Waals surface area contributed by atoms with E-state index in [1.54, 1.807) is 36.4 Å². The zero-order valence-electron chi connectivity index (χ0n) is 17.8. The van der Waals surface area contributed by atoms with E-state index < -0.39 is 22.5 Å². The molecule has 0 saturated heterocycles. The largest absolute Gasteiger partial charge is 0.497 e. The molecule has 0 fully saturated rings. The second kappa shape index (κ2) is 10.0. The molecule has 1 aromatic heterocycles. The molecule has 1 N–H and O–H groups in total. The summed E-state index contributed by atoms with van der Waals surface area (Å²) >= 11 is 0. The molecule has 3 rings (SSSR count). The van der Waals surface area contributed by atoms with E-state index in [-0.39, 0.29) is 16.3 Å². The van der Waals surface area contributed by atoms with Crippen LogP contribution >= 0.6 is 0 Å². The minimum atomic E-state index is -4.13. The number of methoxy groups -OCH3 is 2. The van der Waals surface area contributed by atoms with Crippen molar-refractivity contribution in [1.29, 1.82) is 0 Å². The van der Waals surface area contributed by atoms with Crippen LogP contribution in [0.1, 0.15) is 11.3 Å². The lowest BCUT2D eigenvalue weighted by Crippen LogP contribution is -2.39. The van der Waals surface area contributed by atoms with Crippen LogP contribution in [-0.2, 0) is 14.8 Å². The lowest BCUT2D eigenvalue weighted by Gasteiger charge is -2.25. The Bertz CT molecular complexity index is 1190. The second-order valence-corrected chi connectivity index (χ2v) is 8.53. The molecule has 0 aliphatic carbocycles. The van der Waals surface area contributed by atoms with Crippen LogP contribution in [-0.4, -0.2) is 41.3 Å². The Morgan fingerprint density at radius 1 is 1.12 bits per heavy atom. The number of ether oxygens (including phenoxy) is 2. The molecule has 1 amide bonds. The van der Waals surface area contributed by atoms with Gasteiger partial charge in [-0.25, -0.2) is 13.8 Å². The average molecular weight is 458 g/mol. The molecule has 168 valence electrons. The molecular weight excluding hydrogens is 434 g/mol. The Balaban J connectivity index is 1.97. The summed E-state index contributed by atoms with van der Waals surface area (Å²) in [5, 5.41) is 3.81. The first-order valence-electron chi connectivity index (χ1n) is 9.52. The highest BCUT2D eigenvalue weighted by Crippen LogP contribution is 2.35. The molecule has 1 heterocycles. The molecule has 10 heteroatoms. The Morgan fingerprint density at radius 2 is 1.88 bits per heavy atom. The Labute approximate surface area is 186 Å². The number of carbonyl (C=O) groups excluding carboxylic acids is 1. The van der Waals surface area contributed by atoms with Crippen molar-refractivity contribution in [1.82, 2.24) is 5.43 Å². The van der Waals surface area contributed by atoms with E-state index in [0.717, 1.165) is 9.87 Å². The molecule has 0 saturated carbocycles. The van der Waals surface area contributed by atoms with E-state index >= 15 is 0 Å². The molecule has 0 bridgehead atoms. The number of carbonyl (C=O) groups is 1. The lowest BCUT2D eigenvalue weighted by atomic mass is 10.2. The third-order valence-corrected chi connectivity index (χ3v) is 6.25. The summed E-state index contributed by atoms with van der Waals surface area (Å²) in [5.41, 5.74) is 3.37. The van der Waals surface area contributed by atoms with Gasteiger partial charge in [-0.1, -0.05) is 17.7 Å². The van der Waals surface area contributed by atoms with Crippen LogP contribution in [0.5, 0.6) is 11.5 Å². The number of amides is 1. The third kappa shape index (κ3) is 5.27. The topological polar surface area (TPSA) is 110 Å². The number of hydrogen-bond acceptors (Lipinski definition) is 7. The van der Waals surface area contributed by atoms with Crippen molar-refractivity contribution in [2.45, 2.75) is 11.8 Å². The molecule has 0 spiro atoms. The van der Waals surface area contributed by atoms with Crippen LogP contribution in [0.15, 0.2) is 75.3 Å². The van der Waals surface area contributed by atoms with Gasteiger partial charge >= 0.3 is 0 Å². The van der Waals surface area contributed by atoms with Gasteiger partial charge in [-0.15, -0.1) is 0 Å². The van der Waals surface area contributed by atoms with Crippen molar-refractivity contribution < 1.29 is 27.1 Å². The van der Waals surface area contributed by atoms with Gasteiger partial charge in [0.1, 0.15) is 23.8 Å². The molecule has 0 aliphatic rings. The Morgan fingerprint density at radius 3 is 2.50 bits per heavy atom. The summed E-state index contributed by atoms with van der Waals surface area (Å²) in [7, 11) is -1.25. The van der Waals surface area contributed by atoms with Gasteiger partial charge in [-0.2, -0.15) is 5.10 Å². The number of sulfonamides is 1. The first kappa shape index (κ1) is 22.9. The SMILES string of the molecule is COc1ccc(OC)c(N(CC(=O)N/N=C\c2ccco2)S(=O)(=O)c2ccc(C)cc2)c1. The predicted octanol–water partition coefficient (Wildman–Crippen LogP) is 2.95. The fourth-order valence-corrected chi connectivity index (χ4v) is 4.25. The highest BCUT2D eigenvalue weighted by molar-refractivity contribution is 7.92. The molecule has 32 heavy (non-hydrogen) atoms. The summed E-state index contributed by atoms with van der Waals surface area (Å²) in [6.07, 6.45) is 2.77. The highest BCUT2D eigenvalue weighted by Gasteiger charge is 2.30. The third-order valence-electron chi connectivity index (χ3n) is 4.48. The first-order valence-corrected chi connectivity index (χ1v) is 11.0. The van der Waals surface area contributed by atoms with Gasteiger partial charge < -0.3 is 13.9 Å². The number of hydrazone groups is 1. The van der Waals surface area contributed by atoms with Gasteiger partial charge in [0.15, 0.2) is 0 Å². The van der Waals surface area contributed by atoms with Crippen molar-refractivity contribution in [2.75, 3.05) is 25.1 Å². The maximum Gasteiger partial charge on any atom is 0.264 e. The van der Waals surface area contributed by atoms with Crippen molar-refractivity contribution in [3.8, 4) is 11.5 Å². The number of benzene rings is 2. The van der Waals surface area contributed by atoms with Gasteiger partial charge in [-0.05, 0) is 43.3 Å². The number of nitrogens with zero attached hydrogens (tertiary/aromatic N) is 2. The summed E-state index contributed by atoms with van der Waals surface area (Å²) in [6, 6.07) is 14.4. The van der Waals surface area contributed by atoms with Crippen molar-refractivity contribution in [3.63, 3.8) is 0 Å². The van der Waals surface area contributed by atoms with Crippen LogP contribution in [0.25, 0.3) is 0 Å². The van der Waals surface area contributed by atoms with Gasteiger partial charge in [0.05, 0.1) is 37.3 Å². The summed E-state index contributed by atoms with van der Waals surface area (Å²) in [4.78, 5) is 12.6. The number of furan rings is 1. The van der Waals surface area contributed by atoms with Crippen molar-refractivity contribution in [2.24, 2.45) is 5.10 Å². The van der Waals surface area contributed by atoms with Crippen LogP contribution in [0, 0.1) is 6.92 Å². The molecule has 3 aromatic rings. The van der Waals surface area contributed by atoms with Gasteiger partial charge in [0.2, 0.25) is 0 Å². The van der Waals surface area contributed by atoms with Crippen LogP contribution in [0.4, 0.5) is 5.69 Å². The lowest BCUT2D eigenvalue weighted by molar-refractivity contribution is -0.119. The molecule has 0 unspecified atom stereocenters. The van der Waals surface area contributed by atoms with Crippen LogP contribution < -0.4 is 19.2 Å². The molecule has 0 atom stereocenters. The number of hydrogen-bond donors (Lipinski definition) is 1. The minimum Gasteiger partial charge on any atom is -0.497 e. The monoisotopic (exact) mass is 457 g/mol. The van der Waals surface area contributed by atoms with Crippen molar-refractivity contribution >= 4 is 27.8 Å². The highest BCUT2D eigenvalue weighted by atomic mass is 32.2. The van der Waals surface area contributed by atoms with E-state index in [0.29, 0.717) is 11.5 Å². The number of anilines is 1. The summed E-state index contributed by atoms with van der Waals surface area (Å²) < 4.78 is 43.7.